The van der Waals surface area contributed by atoms with Crippen molar-refractivity contribution in [2.24, 2.45) is 0 Å². The first-order chi connectivity index (χ1) is 18.4. The number of benzene rings is 3. The first-order valence-electron chi connectivity index (χ1n) is 12.4. The summed E-state index contributed by atoms with van der Waals surface area (Å²) in [4.78, 5) is 0.935. The normalized spacial score (nSPS) is 14.9. The van der Waals surface area contributed by atoms with E-state index in [1.807, 2.05) is 79.9 Å². The van der Waals surface area contributed by atoms with E-state index in [4.69, 9.17) is 0 Å². The van der Waals surface area contributed by atoms with Crippen LogP contribution in [0.3, 0.4) is 0 Å². The van der Waals surface area contributed by atoms with Crippen molar-refractivity contribution in [2.45, 2.75) is 25.7 Å². The molecule has 188 valence electrons. The standard InChI is InChI=1S/C31H21S.C6H7.Fe/c1-23-3-4-28(21-23)11-9-25-5-7-26(8-6-25)13-17-30-18-14-29(22-24(30)2)12-10-27-15-19-31(32)20-16-27;1-6-4-2-3-5-6;/h3-8,14-16,18-22,32H,1-2H3;2-5H,1H3;/q;;+2. The monoisotopic (exact) mass is 560 g/mol. The van der Waals surface area contributed by atoms with E-state index in [0.29, 0.717) is 0 Å². The van der Waals surface area contributed by atoms with Crippen LogP contribution in [-0.4, -0.2) is 0 Å². The molecule has 2 aliphatic rings. The van der Waals surface area contributed by atoms with Gasteiger partial charge in [0.05, 0.1) is 5.92 Å². The third-order valence-electron chi connectivity index (χ3n) is 5.76. The smallest absolute Gasteiger partial charge is 0.143 e. The first-order valence-corrected chi connectivity index (χ1v) is 12.9. The number of hydrogen-bond acceptors (Lipinski definition) is 1. The average molecular weight is 561 g/mol. The number of hydrogen-bond donors (Lipinski definition) is 1. The molecule has 0 N–H and O–H groups in total. The zero-order chi connectivity index (χ0) is 26.7. The molecular weight excluding hydrogens is 532 g/mol. The van der Waals surface area contributed by atoms with Gasteiger partial charge in [-0.15, -0.1) is 12.6 Å². The summed E-state index contributed by atoms with van der Waals surface area (Å²) in [6.45, 7) is 6.22. The fourth-order valence-corrected chi connectivity index (χ4v) is 3.75. The van der Waals surface area contributed by atoms with Crippen LogP contribution in [0.1, 0.15) is 47.2 Å². The maximum atomic E-state index is 4.30. The Morgan fingerprint density at radius 2 is 1.03 bits per heavy atom. The van der Waals surface area contributed by atoms with E-state index in [9.17, 15) is 0 Å². The van der Waals surface area contributed by atoms with Crippen LogP contribution < -0.4 is 0 Å². The molecule has 10 radical (unpaired) electrons. The van der Waals surface area contributed by atoms with Crippen LogP contribution in [0.2, 0.25) is 0 Å². The third-order valence-corrected chi connectivity index (χ3v) is 6.06. The second kappa shape index (κ2) is 15.7. The molecule has 3 aromatic carbocycles. The SMILES string of the molecule is C[C]1[CH][CH][CH][CH]1.C[C]1[CH][CH][C](C#Cc2ccc(C#Cc3ccc(C#Cc4ccc(S)cc4)cc3C)cc2)[CH]1.[Fe+2]. The zero-order valence-corrected chi connectivity index (χ0v) is 24.2. The van der Waals surface area contributed by atoms with Gasteiger partial charge in [-0.3, -0.25) is 0 Å². The Labute approximate surface area is 252 Å². The summed E-state index contributed by atoms with van der Waals surface area (Å²) in [6, 6.07) is 22.0. The van der Waals surface area contributed by atoms with Gasteiger partial charge in [-0.2, -0.15) is 0 Å². The van der Waals surface area contributed by atoms with Crippen molar-refractivity contribution in [1.82, 2.24) is 0 Å². The minimum atomic E-state index is 0. The summed E-state index contributed by atoms with van der Waals surface area (Å²) < 4.78 is 0. The van der Waals surface area contributed by atoms with Gasteiger partial charge in [0.25, 0.3) is 0 Å². The minimum Gasteiger partial charge on any atom is -0.143 e. The summed E-state index contributed by atoms with van der Waals surface area (Å²) >= 11 is 4.30. The van der Waals surface area contributed by atoms with Crippen LogP contribution in [0.25, 0.3) is 0 Å². The van der Waals surface area contributed by atoms with E-state index < -0.39 is 0 Å². The van der Waals surface area contributed by atoms with Crippen molar-refractivity contribution in [2.75, 3.05) is 0 Å². The molecule has 0 atom stereocenters. The van der Waals surface area contributed by atoms with E-state index in [1.54, 1.807) is 0 Å². The summed E-state index contributed by atoms with van der Waals surface area (Å²) in [5.41, 5.74) is 6.02. The van der Waals surface area contributed by atoms with E-state index in [-0.39, 0.29) is 17.1 Å². The Kier molecular flexibility index (Phi) is 12.4. The Balaban J connectivity index is 0.000000531. The second-order valence-electron chi connectivity index (χ2n) is 9.04. The van der Waals surface area contributed by atoms with Gasteiger partial charge >= 0.3 is 17.1 Å². The van der Waals surface area contributed by atoms with Crippen molar-refractivity contribution >= 4 is 12.6 Å². The molecule has 0 aromatic heterocycles. The van der Waals surface area contributed by atoms with Gasteiger partial charge in [-0.05, 0) is 136 Å². The number of thiol groups is 1. The molecule has 2 aliphatic carbocycles. The quantitative estimate of drug-likeness (QED) is 0.163. The van der Waals surface area contributed by atoms with Crippen LogP contribution in [0.15, 0.2) is 71.6 Å². The van der Waals surface area contributed by atoms with Gasteiger partial charge in [-0.1, -0.05) is 49.4 Å². The van der Waals surface area contributed by atoms with E-state index in [0.717, 1.165) is 44.2 Å². The molecule has 2 heteroatoms. The summed E-state index contributed by atoms with van der Waals surface area (Å²) in [7, 11) is 0. The Morgan fingerprint density at radius 1 is 0.513 bits per heavy atom. The molecule has 0 amide bonds. The van der Waals surface area contributed by atoms with E-state index in [2.05, 4.69) is 101 Å². The summed E-state index contributed by atoms with van der Waals surface area (Å²) in [5.74, 6) is 22.9. The van der Waals surface area contributed by atoms with E-state index >= 15 is 0 Å². The molecule has 2 saturated carbocycles. The Bertz CT molecular complexity index is 1390. The van der Waals surface area contributed by atoms with Crippen molar-refractivity contribution in [3.8, 4) is 35.5 Å². The van der Waals surface area contributed by atoms with Gasteiger partial charge in [0.1, 0.15) is 0 Å². The minimum absolute atomic E-state index is 0. The van der Waals surface area contributed by atoms with Gasteiger partial charge < -0.3 is 0 Å². The number of rotatable bonds is 0. The summed E-state index contributed by atoms with van der Waals surface area (Å²) in [6.07, 6.45) is 14.4. The topological polar surface area (TPSA) is 0 Å². The first kappa shape index (κ1) is 30.7. The molecule has 0 bridgehead atoms. The van der Waals surface area contributed by atoms with Gasteiger partial charge in [0.15, 0.2) is 0 Å². The van der Waals surface area contributed by atoms with Crippen molar-refractivity contribution < 1.29 is 17.1 Å². The fraction of sp³-hybridized carbons (Fsp3) is 0.0811. The molecule has 3 aromatic rings. The molecule has 0 nitrogen and oxygen atoms in total. The second-order valence-corrected chi connectivity index (χ2v) is 9.56. The molecule has 0 aliphatic heterocycles. The molecule has 0 spiro atoms. The Hall–Kier alpha value is -2.79. The molecule has 2 fully saturated rings. The van der Waals surface area contributed by atoms with Crippen molar-refractivity contribution in [1.29, 1.82) is 0 Å². The molecule has 39 heavy (non-hydrogen) atoms. The van der Waals surface area contributed by atoms with Crippen LogP contribution >= 0.6 is 12.6 Å². The maximum absolute atomic E-state index is 4.30. The van der Waals surface area contributed by atoms with Crippen molar-refractivity contribution in [3.63, 3.8) is 0 Å². The number of aryl methyl sites for hydroxylation is 1. The van der Waals surface area contributed by atoms with Crippen molar-refractivity contribution in [3.05, 3.63) is 163 Å². The van der Waals surface area contributed by atoms with Crippen LogP contribution in [-0.2, 0) is 17.1 Å². The maximum Gasteiger partial charge on any atom is 2.00 e. The molecule has 5 rings (SSSR count). The fourth-order valence-electron chi connectivity index (χ4n) is 3.60. The predicted molar refractivity (Wildman–Crippen MR) is 161 cm³/mol. The van der Waals surface area contributed by atoms with Crippen LogP contribution in [0, 0.1) is 105 Å². The van der Waals surface area contributed by atoms with E-state index in [1.165, 1.54) is 11.8 Å². The predicted octanol–water partition coefficient (Wildman–Crippen LogP) is 7.64. The molecule has 0 saturated heterocycles. The zero-order valence-electron chi connectivity index (χ0n) is 22.2. The molecule has 0 unspecified atom stereocenters. The molecule has 0 heterocycles. The van der Waals surface area contributed by atoms with Gasteiger partial charge in [-0.25, -0.2) is 0 Å². The van der Waals surface area contributed by atoms with Gasteiger partial charge in [0.2, 0.25) is 0 Å². The Morgan fingerprint density at radius 3 is 1.54 bits per heavy atom. The third kappa shape index (κ3) is 10.4. The van der Waals surface area contributed by atoms with Crippen LogP contribution in [0.4, 0.5) is 0 Å². The van der Waals surface area contributed by atoms with Crippen LogP contribution in [0.5, 0.6) is 0 Å². The average Bonchev–Trinajstić information content (AvgIpc) is 3.58. The summed E-state index contributed by atoms with van der Waals surface area (Å²) in [5, 5.41) is 0. The van der Waals surface area contributed by atoms with Gasteiger partial charge in [0, 0.05) is 32.7 Å². The largest absolute Gasteiger partial charge is 2.00 e. The molecular formula is C37H28FeS+2.